The van der Waals surface area contributed by atoms with Crippen molar-refractivity contribution in [1.29, 1.82) is 0 Å². The zero-order chi connectivity index (χ0) is 22.1. The second-order valence-electron chi connectivity index (χ2n) is 6.53. The van der Waals surface area contributed by atoms with Gasteiger partial charge in [0, 0.05) is 23.9 Å². The van der Waals surface area contributed by atoms with Crippen molar-refractivity contribution in [3.05, 3.63) is 81.7 Å². The van der Waals surface area contributed by atoms with E-state index in [1.165, 1.54) is 13.3 Å². The van der Waals surface area contributed by atoms with Crippen LogP contribution in [0.15, 0.2) is 48.7 Å². The van der Waals surface area contributed by atoms with Crippen molar-refractivity contribution in [2.24, 2.45) is 0 Å². The summed E-state index contributed by atoms with van der Waals surface area (Å²) in [4.78, 5) is 16.3. The number of hydrogen-bond donors (Lipinski definition) is 1. The third-order valence-corrected chi connectivity index (χ3v) is 6.36. The number of amides is 1. The second-order valence-corrected chi connectivity index (χ2v) is 7.93. The van der Waals surface area contributed by atoms with E-state index in [2.05, 4.69) is 10.3 Å². The average Bonchev–Trinajstić information content (AvgIpc) is 3.13. The molecule has 0 bridgehead atoms. The van der Waals surface area contributed by atoms with Gasteiger partial charge in [-0.25, -0.2) is 13.8 Å². The summed E-state index contributed by atoms with van der Waals surface area (Å²) in [5.74, 6) is -2.10. The lowest BCUT2D eigenvalue weighted by Gasteiger charge is -2.12. The van der Waals surface area contributed by atoms with Crippen molar-refractivity contribution in [3.63, 3.8) is 0 Å². The first kappa shape index (κ1) is 21.1. The van der Waals surface area contributed by atoms with Crippen LogP contribution >= 0.6 is 22.9 Å². The molecule has 4 nitrogen and oxygen atoms in total. The number of carbonyl (C=O) groups is 1. The summed E-state index contributed by atoms with van der Waals surface area (Å²) in [7, 11) is 1.47. The van der Waals surface area contributed by atoms with E-state index in [1.54, 1.807) is 30.3 Å². The van der Waals surface area contributed by atoms with Crippen LogP contribution in [-0.2, 0) is 6.54 Å². The van der Waals surface area contributed by atoms with E-state index in [1.807, 2.05) is 0 Å². The minimum absolute atomic E-state index is 0.00547. The molecule has 0 radical (unpaired) electrons. The fraction of sp³-hybridized carbons (Fsp3) is 0.0909. The summed E-state index contributed by atoms with van der Waals surface area (Å²) in [6.45, 7) is 0.0211. The van der Waals surface area contributed by atoms with Gasteiger partial charge in [-0.15, -0.1) is 11.3 Å². The summed E-state index contributed by atoms with van der Waals surface area (Å²) >= 11 is 6.93. The number of carbonyl (C=O) groups excluding carboxylic acids is 1. The third-order valence-electron chi connectivity index (χ3n) is 4.68. The number of benzene rings is 2. The molecule has 0 unspecified atom stereocenters. The van der Waals surface area contributed by atoms with Crippen LogP contribution in [0.1, 0.15) is 15.2 Å². The van der Waals surface area contributed by atoms with Gasteiger partial charge in [0.15, 0.2) is 0 Å². The van der Waals surface area contributed by atoms with Gasteiger partial charge in [0.25, 0.3) is 5.91 Å². The minimum Gasteiger partial charge on any atom is -0.496 e. The molecule has 9 heteroatoms. The largest absolute Gasteiger partial charge is 0.496 e. The molecule has 1 amide bonds. The minimum atomic E-state index is -0.704. The zero-order valence-corrected chi connectivity index (χ0v) is 17.6. The summed E-state index contributed by atoms with van der Waals surface area (Å²) < 4.78 is 47.4. The van der Waals surface area contributed by atoms with Crippen LogP contribution in [0.4, 0.5) is 13.2 Å². The molecule has 0 saturated carbocycles. The molecule has 0 aliphatic carbocycles. The van der Waals surface area contributed by atoms with Crippen molar-refractivity contribution in [2.45, 2.75) is 6.54 Å². The lowest BCUT2D eigenvalue weighted by Crippen LogP contribution is -2.22. The average molecular weight is 463 g/mol. The van der Waals surface area contributed by atoms with Crippen LogP contribution in [0, 0.1) is 17.6 Å². The number of aromatic nitrogens is 1. The monoisotopic (exact) mass is 462 g/mol. The summed E-state index contributed by atoms with van der Waals surface area (Å²) in [5.41, 5.74) is 1.43. The zero-order valence-electron chi connectivity index (χ0n) is 16.0. The van der Waals surface area contributed by atoms with E-state index in [0.29, 0.717) is 22.4 Å². The molecule has 0 aliphatic rings. The highest BCUT2D eigenvalue weighted by Crippen LogP contribution is 2.38. The van der Waals surface area contributed by atoms with Crippen LogP contribution < -0.4 is 10.1 Å². The normalized spacial score (nSPS) is 11.0. The lowest BCUT2D eigenvalue weighted by molar-refractivity contribution is 0.0955. The van der Waals surface area contributed by atoms with E-state index < -0.39 is 23.5 Å². The summed E-state index contributed by atoms with van der Waals surface area (Å²) in [6, 6.07) is 10.2. The number of rotatable bonds is 5. The van der Waals surface area contributed by atoms with Crippen LogP contribution in [0.25, 0.3) is 21.2 Å². The Hall–Kier alpha value is -3.10. The Labute approximate surface area is 184 Å². The fourth-order valence-electron chi connectivity index (χ4n) is 3.19. The Balaban J connectivity index is 1.63. The molecule has 2 heterocycles. The molecule has 0 atom stereocenters. The van der Waals surface area contributed by atoms with Gasteiger partial charge in [0.2, 0.25) is 5.95 Å². The highest BCUT2D eigenvalue weighted by atomic mass is 35.5. The molecule has 4 aromatic rings. The lowest BCUT2D eigenvalue weighted by atomic mass is 10.0. The van der Waals surface area contributed by atoms with Crippen LogP contribution in [0.3, 0.4) is 0 Å². The fourth-order valence-corrected chi connectivity index (χ4v) is 4.66. The van der Waals surface area contributed by atoms with Crippen LogP contribution in [0.2, 0.25) is 5.02 Å². The molecule has 0 saturated heterocycles. The van der Waals surface area contributed by atoms with Gasteiger partial charge >= 0.3 is 0 Å². The molecule has 0 fully saturated rings. The molecule has 0 spiro atoms. The molecule has 2 aromatic carbocycles. The quantitative estimate of drug-likeness (QED) is 0.372. The molecule has 2 aromatic heterocycles. The van der Waals surface area contributed by atoms with Gasteiger partial charge in [-0.05, 0) is 42.0 Å². The number of nitrogens with one attached hydrogen (secondary N) is 1. The van der Waals surface area contributed by atoms with Gasteiger partial charge in [0.1, 0.15) is 22.3 Å². The number of halogens is 4. The first-order chi connectivity index (χ1) is 14.9. The van der Waals surface area contributed by atoms with Crippen molar-refractivity contribution >= 4 is 38.9 Å². The first-order valence-electron chi connectivity index (χ1n) is 9.02. The number of ether oxygens (including phenoxy) is 1. The molecule has 31 heavy (non-hydrogen) atoms. The van der Waals surface area contributed by atoms with E-state index in [-0.39, 0.29) is 26.5 Å². The maximum absolute atomic E-state index is 14.1. The number of pyridine rings is 1. The molecular weight excluding hydrogens is 449 g/mol. The van der Waals surface area contributed by atoms with Crippen molar-refractivity contribution in [1.82, 2.24) is 10.3 Å². The number of nitrogens with zero attached hydrogens (tertiary/aromatic N) is 1. The second kappa shape index (κ2) is 8.56. The Bertz CT molecular complexity index is 1310. The van der Waals surface area contributed by atoms with Crippen molar-refractivity contribution < 1.29 is 22.7 Å². The topological polar surface area (TPSA) is 51.2 Å². The van der Waals surface area contributed by atoms with Gasteiger partial charge < -0.3 is 10.1 Å². The van der Waals surface area contributed by atoms with Gasteiger partial charge in [-0.2, -0.15) is 4.39 Å². The maximum atomic E-state index is 14.1. The van der Waals surface area contributed by atoms with Crippen molar-refractivity contribution in [3.8, 4) is 16.9 Å². The summed E-state index contributed by atoms with van der Waals surface area (Å²) in [6.07, 6.45) is 1.35. The smallest absolute Gasteiger partial charge is 0.263 e. The van der Waals surface area contributed by atoms with Gasteiger partial charge in [0.05, 0.1) is 22.2 Å². The number of methoxy groups -OCH3 is 1. The SMILES string of the molecule is COc1ccc(-c2cccnc2F)cc1CNC(=O)c1sc2c(F)ccc(F)c2c1Cl. The van der Waals surface area contributed by atoms with Crippen molar-refractivity contribution in [2.75, 3.05) is 7.11 Å². The first-order valence-corrected chi connectivity index (χ1v) is 10.2. The van der Waals surface area contributed by atoms with E-state index >= 15 is 0 Å². The van der Waals surface area contributed by atoms with Crippen LogP contribution in [0.5, 0.6) is 5.75 Å². The highest BCUT2D eigenvalue weighted by Gasteiger charge is 2.22. The Morgan fingerprint density at radius 1 is 1.16 bits per heavy atom. The Kier molecular flexibility index (Phi) is 5.84. The molecule has 4 rings (SSSR count). The van der Waals surface area contributed by atoms with E-state index in [9.17, 15) is 18.0 Å². The maximum Gasteiger partial charge on any atom is 0.263 e. The Morgan fingerprint density at radius 2 is 1.94 bits per heavy atom. The third kappa shape index (κ3) is 3.96. The number of hydrogen-bond acceptors (Lipinski definition) is 4. The number of thiophene rings is 1. The molecule has 0 aliphatic heterocycles. The highest BCUT2D eigenvalue weighted by molar-refractivity contribution is 7.21. The predicted molar refractivity (Wildman–Crippen MR) is 114 cm³/mol. The predicted octanol–water partition coefficient (Wildman–Crippen LogP) is 5.97. The summed E-state index contributed by atoms with van der Waals surface area (Å²) in [5, 5.41) is 2.41. The Morgan fingerprint density at radius 3 is 2.65 bits per heavy atom. The number of fused-ring (bicyclic) bond motifs is 1. The van der Waals surface area contributed by atoms with Gasteiger partial charge in [-0.1, -0.05) is 17.7 Å². The molecular formula is C22H14ClF3N2O2S. The van der Waals surface area contributed by atoms with Crippen LogP contribution in [-0.4, -0.2) is 18.0 Å². The molecule has 158 valence electrons. The van der Waals surface area contributed by atoms with E-state index in [4.69, 9.17) is 16.3 Å². The standard InChI is InChI=1S/C22H14ClF3N2O2S/c1-30-16-7-4-11(13-3-2-8-27-21(13)26)9-12(16)10-28-22(29)20-18(23)17-14(24)5-6-15(25)19(17)31-20/h2-9H,10H2,1H3,(H,28,29). The van der Waals surface area contributed by atoms with E-state index in [0.717, 1.165) is 23.5 Å². The van der Waals surface area contributed by atoms with Gasteiger partial charge in [-0.3, -0.25) is 4.79 Å². The molecule has 1 N–H and O–H groups in total.